The van der Waals surface area contributed by atoms with E-state index in [0.29, 0.717) is 28.6 Å². The van der Waals surface area contributed by atoms with Crippen molar-refractivity contribution in [2.75, 3.05) is 19.0 Å². The first kappa shape index (κ1) is 28.0. The van der Waals surface area contributed by atoms with Crippen molar-refractivity contribution in [3.8, 4) is 5.75 Å². The average Bonchev–Trinajstić information content (AvgIpc) is 3.76. The van der Waals surface area contributed by atoms with Gasteiger partial charge in [-0.05, 0) is 54.7 Å². The number of anilines is 1. The molecule has 9 heteroatoms. The van der Waals surface area contributed by atoms with E-state index in [9.17, 15) is 14.4 Å². The van der Waals surface area contributed by atoms with Crippen LogP contribution in [0.2, 0.25) is 0 Å². The molecule has 0 spiro atoms. The second kappa shape index (κ2) is 13.2. The summed E-state index contributed by atoms with van der Waals surface area (Å²) in [6, 6.07) is 26.7. The number of aromatic nitrogens is 1. The highest BCUT2D eigenvalue weighted by molar-refractivity contribution is 7.13. The summed E-state index contributed by atoms with van der Waals surface area (Å²) in [4.78, 5) is 45.0. The topological polar surface area (TPSA) is 101 Å². The molecule has 5 rings (SSSR count). The van der Waals surface area contributed by atoms with E-state index in [1.807, 2.05) is 60.7 Å². The first-order valence-corrected chi connectivity index (χ1v) is 14.4. The summed E-state index contributed by atoms with van der Waals surface area (Å²) in [6.45, 7) is -0.0663. The molecule has 0 radical (unpaired) electrons. The Morgan fingerprint density at radius 1 is 0.951 bits per heavy atom. The van der Waals surface area contributed by atoms with Crippen LogP contribution in [-0.4, -0.2) is 47.3 Å². The van der Waals surface area contributed by atoms with Gasteiger partial charge in [-0.3, -0.25) is 14.4 Å². The normalized spacial score (nSPS) is 13.2. The molecular weight excluding hydrogens is 536 g/mol. The van der Waals surface area contributed by atoms with Crippen LogP contribution in [0.5, 0.6) is 5.75 Å². The highest BCUT2D eigenvalue weighted by atomic mass is 32.1. The molecule has 1 heterocycles. The molecule has 0 saturated heterocycles. The molecule has 0 bridgehead atoms. The minimum absolute atomic E-state index is 0.0550. The van der Waals surface area contributed by atoms with E-state index in [2.05, 4.69) is 15.6 Å². The summed E-state index contributed by atoms with van der Waals surface area (Å²) in [5, 5.41) is 8.11. The Kier molecular flexibility index (Phi) is 9.05. The fraction of sp³-hybridized carbons (Fsp3) is 0.250. The van der Waals surface area contributed by atoms with Gasteiger partial charge in [0.25, 0.3) is 5.91 Å². The van der Waals surface area contributed by atoms with E-state index in [0.717, 1.165) is 24.0 Å². The molecule has 41 heavy (non-hydrogen) atoms. The highest BCUT2D eigenvalue weighted by Gasteiger charge is 2.34. The molecule has 4 aromatic rings. The number of methoxy groups -OCH3 is 1. The first-order valence-electron chi connectivity index (χ1n) is 13.6. The zero-order chi connectivity index (χ0) is 28.6. The molecule has 1 aromatic heterocycles. The van der Waals surface area contributed by atoms with Gasteiger partial charge in [0.05, 0.1) is 25.3 Å². The van der Waals surface area contributed by atoms with Crippen molar-refractivity contribution >= 4 is 34.2 Å². The monoisotopic (exact) mass is 568 g/mol. The number of rotatable bonds is 12. The summed E-state index contributed by atoms with van der Waals surface area (Å²) in [5.74, 6) is 0.00153. The second-order valence-electron chi connectivity index (χ2n) is 9.98. The molecule has 1 fully saturated rings. The predicted octanol–water partition coefficient (Wildman–Crippen LogP) is 5.04. The van der Waals surface area contributed by atoms with Crippen LogP contribution < -0.4 is 15.4 Å². The molecule has 1 atom stereocenters. The van der Waals surface area contributed by atoms with Gasteiger partial charge in [0, 0.05) is 17.0 Å². The molecule has 0 aliphatic heterocycles. The summed E-state index contributed by atoms with van der Waals surface area (Å²) in [7, 11) is 1.57. The zero-order valence-electron chi connectivity index (χ0n) is 22.8. The van der Waals surface area contributed by atoms with Crippen molar-refractivity contribution in [3.63, 3.8) is 0 Å². The lowest BCUT2D eigenvalue weighted by Gasteiger charge is -2.21. The number of carbonyl (C=O) groups is 3. The smallest absolute Gasteiger partial charge is 0.254 e. The number of nitrogens with one attached hydrogen (secondary N) is 2. The van der Waals surface area contributed by atoms with E-state index in [1.54, 1.807) is 41.7 Å². The third kappa shape index (κ3) is 7.79. The van der Waals surface area contributed by atoms with Crippen LogP contribution in [0.3, 0.4) is 0 Å². The maximum Gasteiger partial charge on any atom is 0.254 e. The molecule has 1 aliphatic carbocycles. The van der Waals surface area contributed by atoms with Gasteiger partial charge in [-0.2, -0.15) is 0 Å². The minimum Gasteiger partial charge on any atom is -0.497 e. The molecule has 0 unspecified atom stereocenters. The predicted molar refractivity (Wildman–Crippen MR) is 159 cm³/mol. The minimum atomic E-state index is -0.323. The third-order valence-electron chi connectivity index (χ3n) is 6.86. The molecule has 210 valence electrons. The number of benzene rings is 3. The molecular formula is C32H32N4O4S. The molecule has 8 nitrogen and oxygen atoms in total. The van der Waals surface area contributed by atoms with Gasteiger partial charge >= 0.3 is 0 Å². The van der Waals surface area contributed by atoms with E-state index >= 15 is 0 Å². The lowest BCUT2D eigenvalue weighted by atomic mass is 9.98. The van der Waals surface area contributed by atoms with Crippen molar-refractivity contribution in [2.24, 2.45) is 0 Å². The standard InChI is InChI=1S/C32H32N4O4S/c1-40-27-16-12-24(13-17-27)31(39)36(26-14-15-26)20-30(38)35-32-33-25(21-41-32)19-29(37)34-28(23-10-6-3-7-11-23)18-22-8-4-2-5-9-22/h2-13,16-17,21,26,28H,14-15,18-20H2,1H3,(H,34,37)(H,33,35,38)/t28-/m1/s1. The number of thiazole rings is 1. The summed E-state index contributed by atoms with van der Waals surface area (Å²) >= 11 is 1.26. The molecule has 3 amide bonds. The van der Waals surface area contributed by atoms with E-state index in [-0.39, 0.29) is 42.8 Å². The maximum absolute atomic E-state index is 13.1. The number of amides is 3. The summed E-state index contributed by atoms with van der Waals surface area (Å²) < 4.78 is 5.17. The van der Waals surface area contributed by atoms with Crippen molar-refractivity contribution in [1.82, 2.24) is 15.2 Å². The SMILES string of the molecule is COc1ccc(C(=O)N(CC(=O)Nc2nc(CC(=O)N[C@H](Cc3ccccc3)c3ccccc3)cs2)C2CC2)cc1. The Labute approximate surface area is 243 Å². The molecule has 1 saturated carbocycles. The van der Waals surface area contributed by atoms with Crippen LogP contribution >= 0.6 is 11.3 Å². The van der Waals surface area contributed by atoms with E-state index in [1.165, 1.54) is 11.3 Å². The van der Waals surface area contributed by atoms with Crippen molar-refractivity contribution in [2.45, 2.75) is 37.8 Å². The van der Waals surface area contributed by atoms with Gasteiger partial charge in [-0.25, -0.2) is 4.98 Å². The largest absolute Gasteiger partial charge is 0.497 e. The van der Waals surface area contributed by atoms with Gasteiger partial charge in [-0.1, -0.05) is 60.7 Å². The first-order chi connectivity index (χ1) is 20.0. The molecule has 1 aliphatic rings. The Bertz CT molecular complexity index is 1470. The highest BCUT2D eigenvalue weighted by Crippen LogP contribution is 2.29. The fourth-order valence-corrected chi connectivity index (χ4v) is 5.34. The quantitative estimate of drug-likeness (QED) is 0.250. The van der Waals surface area contributed by atoms with Crippen LogP contribution in [0.25, 0.3) is 0 Å². The van der Waals surface area contributed by atoms with Gasteiger partial charge < -0.3 is 20.3 Å². The van der Waals surface area contributed by atoms with Crippen molar-refractivity contribution in [3.05, 3.63) is 113 Å². The van der Waals surface area contributed by atoms with Crippen LogP contribution in [0.15, 0.2) is 90.3 Å². The van der Waals surface area contributed by atoms with Crippen LogP contribution in [-0.2, 0) is 22.4 Å². The van der Waals surface area contributed by atoms with E-state index < -0.39 is 0 Å². The fourth-order valence-electron chi connectivity index (χ4n) is 4.61. The van der Waals surface area contributed by atoms with Gasteiger partial charge in [-0.15, -0.1) is 11.3 Å². The van der Waals surface area contributed by atoms with E-state index in [4.69, 9.17) is 4.74 Å². The zero-order valence-corrected chi connectivity index (χ0v) is 23.6. The van der Waals surface area contributed by atoms with Crippen molar-refractivity contribution < 1.29 is 19.1 Å². The number of hydrogen-bond acceptors (Lipinski definition) is 6. The van der Waals surface area contributed by atoms with Gasteiger partial charge in [0.2, 0.25) is 11.8 Å². The Morgan fingerprint density at radius 3 is 2.29 bits per heavy atom. The van der Waals surface area contributed by atoms with Crippen LogP contribution in [0, 0.1) is 0 Å². The van der Waals surface area contributed by atoms with Crippen molar-refractivity contribution in [1.29, 1.82) is 0 Å². The Balaban J connectivity index is 1.17. The van der Waals surface area contributed by atoms with Crippen LogP contribution in [0.4, 0.5) is 5.13 Å². The third-order valence-corrected chi connectivity index (χ3v) is 7.67. The lowest BCUT2D eigenvalue weighted by molar-refractivity contribution is -0.121. The van der Waals surface area contributed by atoms with Gasteiger partial charge in [0.15, 0.2) is 5.13 Å². The number of nitrogens with zero attached hydrogens (tertiary/aromatic N) is 2. The number of hydrogen-bond donors (Lipinski definition) is 2. The summed E-state index contributed by atoms with van der Waals surface area (Å²) in [6.07, 6.45) is 2.51. The second-order valence-corrected chi connectivity index (χ2v) is 10.8. The maximum atomic E-state index is 13.1. The van der Waals surface area contributed by atoms with Gasteiger partial charge in [0.1, 0.15) is 12.3 Å². The number of ether oxygens (including phenoxy) is 1. The number of carbonyl (C=O) groups excluding carboxylic acids is 3. The van der Waals surface area contributed by atoms with Crippen LogP contribution in [0.1, 0.15) is 46.1 Å². The Morgan fingerprint density at radius 2 is 1.63 bits per heavy atom. The summed E-state index contributed by atoms with van der Waals surface area (Å²) in [5.41, 5.74) is 3.24. The molecule has 3 aromatic carbocycles. The lowest BCUT2D eigenvalue weighted by Crippen LogP contribution is -2.39. The average molecular weight is 569 g/mol. The molecule has 2 N–H and O–H groups in total. The Hall–Kier alpha value is -4.50.